The van der Waals surface area contributed by atoms with Crippen molar-refractivity contribution in [2.75, 3.05) is 0 Å². The Balaban J connectivity index is 2.11. The van der Waals surface area contributed by atoms with Crippen LogP contribution in [0, 0.1) is 0 Å². The fraction of sp³-hybridized carbons (Fsp3) is 0. The molecule has 0 fully saturated rings. The molecule has 0 saturated carbocycles. The molecule has 3 aromatic rings. The fourth-order valence-corrected chi connectivity index (χ4v) is 3.48. The molecule has 104 valence electrons. The van der Waals surface area contributed by atoms with Crippen LogP contribution in [0.1, 0.15) is 10.4 Å². The summed E-state index contributed by atoms with van der Waals surface area (Å²) in [5, 5.41) is 12.0. The second-order valence-electron chi connectivity index (χ2n) is 4.49. The molecule has 0 radical (unpaired) electrons. The molecule has 0 aliphatic heterocycles. The molecular weight excluding hydrogens is 304 g/mol. The van der Waals surface area contributed by atoms with Crippen LogP contribution in [0.3, 0.4) is 0 Å². The monoisotopic (exact) mass is 314 g/mol. The van der Waals surface area contributed by atoms with Crippen molar-refractivity contribution in [2.45, 2.75) is 9.79 Å². The average Bonchev–Trinajstić information content (AvgIpc) is 2.51. The van der Waals surface area contributed by atoms with Crippen LogP contribution in [-0.2, 0) is 0 Å². The lowest BCUT2D eigenvalue weighted by atomic mass is 10.1. The van der Waals surface area contributed by atoms with Gasteiger partial charge in [-0.1, -0.05) is 59.8 Å². The summed E-state index contributed by atoms with van der Waals surface area (Å²) < 4.78 is 0. The number of benzene rings is 3. The second kappa shape index (κ2) is 5.80. The molecule has 0 heterocycles. The van der Waals surface area contributed by atoms with Crippen molar-refractivity contribution in [3.05, 3.63) is 71.2 Å². The van der Waals surface area contributed by atoms with Crippen LogP contribution in [-0.4, -0.2) is 11.1 Å². The molecular formula is C17H11ClO2S. The summed E-state index contributed by atoms with van der Waals surface area (Å²) >= 11 is 7.65. The third-order valence-electron chi connectivity index (χ3n) is 3.17. The predicted octanol–water partition coefficient (Wildman–Crippen LogP) is 5.34. The number of carboxylic acid groups (broad SMARTS) is 1. The molecule has 3 aromatic carbocycles. The zero-order chi connectivity index (χ0) is 14.8. The van der Waals surface area contributed by atoms with E-state index in [4.69, 9.17) is 11.6 Å². The van der Waals surface area contributed by atoms with E-state index in [1.165, 1.54) is 11.8 Å². The average molecular weight is 315 g/mol. The van der Waals surface area contributed by atoms with Gasteiger partial charge in [0.1, 0.15) is 0 Å². The van der Waals surface area contributed by atoms with E-state index in [0.717, 1.165) is 20.6 Å². The van der Waals surface area contributed by atoms with Crippen molar-refractivity contribution >= 4 is 40.1 Å². The highest BCUT2D eigenvalue weighted by atomic mass is 35.5. The first kappa shape index (κ1) is 14.0. The van der Waals surface area contributed by atoms with Crippen LogP contribution >= 0.6 is 23.4 Å². The van der Waals surface area contributed by atoms with E-state index in [-0.39, 0.29) is 0 Å². The maximum absolute atomic E-state index is 11.3. The number of carboxylic acids is 1. The van der Waals surface area contributed by atoms with Gasteiger partial charge in [0.25, 0.3) is 0 Å². The highest BCUT2D eigenvalue weighted by molar-refractivity contribution is 7.99. The zero-order valence-corrected chi connectivity index (χ0v) is 12.5. The highest BCUT2D eigenvalue weighted by Crippen LogP contribution is 2.37. The van der Waals surface area contributed by atoms with Gasteiger partial charge in [0.2, 0.25) is 0 Å². The number of rotatable bonds is 3. The van der Waals surface area contributed by atoms with Gasteiger partial charge < -0.3 is 5.11 Å². The molecule has 21 heavy (non-hydrogen) atoms. The summed E-state index contributed by atoms with van der Waals surface area (Å²) in [5.74, 6) is -0.920. The third-order valence-corrected chi connectivity index (χ3v) is 4.65. The van der Waals surface area contributed by atoms with Gasteiger partial charge in [-0.2, -0.15) is 0 Å². The number of aromatic carboxylic acids is 1. The molecule has 0 aromatic heterocycles. The molecule has 2 nitrogen and oxygen atoms in total. The van der Waals surface area contributed by atoms with Gasteiger partial charge in [-0.25, -0.2) is 4.79 Å². The molecule has 0 bridgehead atoms. The smallest absolute Gasteiger partial charge is 0.336 e. The maximum atomic E-state index is 11.3. The summed E-state index contributed by atoms with van der Waals surface area (Å²) in [7, 11) is 0. The number of hydrogen-bond donors (Lipinski definition) is 1. The van der Waals surface area contributed by atoms with Crippen LogP contribution in [0.15, 0.2) is 70.5 Å². The Hall–Kier alpha value is -1.97. The molecule has 3 rings (SSSR count). The lowest BCUT2D eigenvalue weighted by Crippen LogP contribution is -1.98. The quantitative estimate of drug-likeness (QED) is 0.708. The Kier molecular flexibility index (Phi) is 3.86. The van der Waals surface area contributed by atoms with Gasteiger partial charge in [-0.15, -0.1) is 0 Å². The molecule has 1 N–H and O–H groups in total. The normalized spacial score (nSPS) is 10.7. The van der Waals surface area contributed by atoms with Gasteiger partial charge in [-0.3, -0.25) is 0 Å². The highest BCUT2D eigenvalue weighted by Gasteiger charge is 2.12. The Labute approximate surface area is 131 Å². The zero-order valence-electron chi connectivity index (χ0n) is 10.9. The summed E-state index contributed by atoms with van der Waals surface area (Å²) in [6.07, 6.45) is 0. The Morgan fingerprint density at radius 2 is 1.52 bits per heavy atom. The van der Waals surface area contributed by atoms with Gasteiger partial charge >= 0.3 is 5.97 Å². The Morgan fingerprint density at radius 1 is 0.857 bits per heavy atom. The van der Waals surface area contributed by atoms with Crippen LogP contribution in [0.25, 0.3) is 10.8 Å². The van der Waals surface area contributed by atoms with Crippen LogP contribution < -0.4 is 0 Å². The molecule has 4 heteroatoms. The first-order valence-corrected chi connectivity index (χ1v) is 7.53. The van der Waals surface area contributed by atoms with Crippen molar-refractivity contribution in [3.63, 3.8) is 0 Å². The lowest BCUT2D eigenvalue weighted by molar-refractivity contribution is 0.0693. The van der Waals surface area contributed by atoms with Gasteiger partial charge in [0.05, 0.1) is 5.56 Å². The van der Waals surface area contributed by atoms with E-state index in [1.807, 2.05) is 48.5 Å². The number of carbonyl (C=O) groups is 1. The fourth-order valence-electron chi connectivity index (χ4n) is 2.17. The van der Waals surface area contributed by atoms with E-state index in [2.05, 4.69) is 0 Å². The van der Waals surface area contributed by atoms with Crippen LogP contribution in [0.2, 0.25) is 5.02 Å². The molecule has 0 unspecified atom stereocenters. The maximum Gasteiger partial charge on any atom is 0.336 e. The molecule has 0 saturated heterocycles. The first-order valence-electron chi connectivity index (χ1n) is 6.34. The molecule has 0 aliphatic rings. The SMILES string of the molecule is O=C(O)c1ccccc1Sc1ccc(Cl)c2ccccc12. The Morgan fingerprint density at radius 3 is 2.29 bits per heavy atom. The molecule has 0 spiro atoms. The lowest BCUT2D eigenvalue weighted by Gasteiger charge is -2.09. The second-order valence-corrected chi connectivity index (χ2v) is 5.99. The summed E-state index contributed by atoms with van der Waals surface area (Å²) in [6, 6.07) is 18.6. The van der Waals surface area contributed by atoms with Gasteiger partial charge in [0, 0.05) is 20.2 Å². The first-order chi connectivity index (χ1) is 10.2. The van der Waals surface area contributed by atoms with Crippen molar-refractivity contribution < 1.29 is 9.90 Å². The summed E-state index contributed by atoms with van der Waals surface area (Å²) in [5.41, 5.74) is 0.307. The van der Waals surface area contributed by atoms with Crippen molar-refractivity contribution in [1.82, 2.24) is 0 Å². The molecule has 0 amide bonds. The van der Waals surface area contributed by atoms with Crippen LogP contribution in [0.4, 0.5) is 0 Å². The third kappa shape index (κ3) is 2.75. The van der Waals surface area contributed by atoms with E-state index in [9.17, 15) is 9.90 Å². The Bertz CT molecular complexity index is 830. The molecule has 0 aliphatic carbocycles. The minimum absolute atomic E-state index is 0.307. The largest absolute Gasteiger partial charge is 0.478 e. The number of hydrogen-bond acceptors (Lipinski definition) is 2. The summed E-state index contributed by atoms with van der Waals surface area (Å²) in [6.45, 7) is 0. The van der Waals surface area contributed by atoms with E-state index in [0.29, 0.717) is 10.6 Å². The van der Waals surface area contributed by atoms with Crippen molar-refractivity contribution in [1.29, 1.82) is 0 Å². The summed E-state index contributed by atoms with van der Waals surface area (Å²) in [4.78, 5) is 13.0. The van der Waals surface area contributed by atoms with Gasteiger partial charge in [0.15, 0.2) is 0 Å². The van der Waals surface area contributed by atoms with Crippen LogP contribution in [0.5, 0.6) is 0 Å². The number of fused-ring (bicyclic) bond motifs is 1. The van der Waals surface area contributed by atoms with Crippen molar-refractivity contribution in [2.24, 2.45) is 0 Å². The van der Waals surface area contributed by atoms with E-state index >= 15 is 0 Å². The van der Waals surface area contributed by atoms with Gasteiger partial charge in [-0.05, 0) is 29.7 Å². The predicted molar refractivity (Wildman–Crippen MR) is 86.5 cm³/mol. The molecule has 0 atom stereocenters. The van der Waals surface area contributed by atoms with Crippen molar-refractivity contribution in [3.8, 4) is 0 Å². The minimum atomic E-state index is -0.920. The number of halogens is 1. The van der Waals surface area contributed by atoms with E-state index in [1.54, 1.807) is 12.1 Å². The minimum Gasteiger partial charge on any atom is -0.478 e. The van der Waals surface area contributed by atoms with E-state index < -0.39 is 5.97 Å². The standard InChI is InChI=1S/C17H11ClO2S/c18-14-9-10-16(12-6-2-1-5-11(12)14)21-15-8-4-3-7-13(15)17(19)20/h1-10H,(H,19,20). The topological polar surface area (TPSA) is 37.3 Å².